The van der Waals surface area contributed by atoms with Crippen LogP contribution in [0.2, 0.25) is 0 Å². The minimum absolute atomic E-state index is 0.444. The van der Waals surface area contributed by atoms with E-state index >= 15 is 0 Å². The number of nitrogens with zero attached hydrogens (tertiary/aromatic N) is 4. The summed E-state index contributed by atoms with van der Waals surface area (Å²) in [5.74, 6) is 0.846. The van der Waals surface area contributed by atoms with Crippen molar-refractivity contribution in [3.63, 3.8) is 0 Å². The van der Waals surface area contributed by atoms with Crippen LogP contribution in [0.15, 0.2) is 48.0 Å². The summed E-state index contributed by atoms with van der Waals surface area (Å²) in [7, 11) is 0. The van der Waals surface area contributed by atoms with Gasteiger partial charge in [-0.05, 0) is 48.9 Å². The second kappa shape index (κ2) is 8.06. The fourth-order valence-electron chi connectivity index (χ4n) is 4.28. The van der Waals surface area contributed by atoms with E-state index in [0.29, 0.717) is 12.0 Å². The summed E-state index contributed by atoms with van der Waals surface area (Å²) in [6.07, 6.45) is 10.2. The Bertz CT molecular complexity index is 862. The monoisotopic (exact) mass is 379 g/mol. The third-order valence-electron chi connectivity index (χ3n) is 6.01. The summed E-state index contributed by atoms with van der Waals surface area (Å²) in [6.45, 7) is 8.61. The van der Waals surface area contributed by atoms with Crippen LogP contribution in [0.4, 0.5) is 5.69 Å². The van der Waals surface area contributed by atoms with E-state index in [2.05, 4.69) is 31.9 Å². The summed E-state index contributed by atoms with van der Waals surface area (Å²) in [4.78, 5) is 8.40. The lowest BCUT2D eigenvalue weighted by molar-refractivity contribution is -0.604. The molecule has 7 nitrogen and oxygen atoms in total. The van der Waals surface area contributed by atoms with E-state index in [9.17, 15) is 5.21 Å². The van der Waals surface area contributed by atoms with Gasteiger partial charge in [-0.1, -0.05) is 4.99 Å². The maximum atomic E-state index is 11.9. The Hall–Kier alpha value is -2.80. The molecule has 0 aromatic carbocycles. The van der Waals surface area contributed by atoms with Gasteiger partial charge in [0.15, 0.2) is 6.20 Å². The number of hydrogen-bond donors (Lipinski definition) is 2. The van der Waals surface area contributed by atoms with Crippen molar-refractivity contribution in [1.29, 1.82) is 0 Å². The smallest absolute Gasteiger partial charge is 0.327 e. The molecule has 2 aliphatic rings. The predicted octanol–water partition coefficient (Wildman–Crippen LogP) is 1.56. The molecule has 0 bridgehead atoms. The van der Waals surface area contributed by atoms with Gasteiger partial charge in [-0.15, -0.1) is 0 Å². The molecule has 2 aliphatic heterocycles. The van der Waals surface area contributed by atoms with Gasteiger partial charge in [-0.25, -0.2) is 0 Å². The molecule has 1 spiro atoms. The molecule has 0 unspecified atom stereocenters. The molecule has 0 saturated carbocycles. The molecule has 2 aromatic rings. The molecule has 4 heterocycles. The zero-order valence-electron chi connectivity index (χ0n) is 16.1. The van der Waals surface area contributed by atoms with Crippen molar-refractivity contribution in [3.05, 3.63) is 59.3 Å². The predicted molar refractivity (Wildman–Crippen MR) is 110 cm³/mol. The van der Waals surface area contributed by atoms with Crippen LogP contribution in [-0.4, -0.2) is 48.3 Å². The lowest BCUT2D eigenvalue weighted by atomic mass is 9.78. The first kappa shape index (κ1) is 18.6. The van der Waals surface area contributed by atoms with Crippen LogP contribution in [-0.2, 0) is 6.54 Å². The molecule has 0 radical (unpaired) electrons. The summed E-state index contributed by atoms with van der Waals surface area (Å²) in [5, 5.41) is 18.8. The van der Waals surface area contributed by atoms with Gasteiger partial charge in [0, 0.05) is 31.5 Å². The molecule has 7 heteroatoms. The summed E-state index contributed by atoms with van der Waals surface area (Å²) in [6, 6.07) is 5.74. The number of piperidine rings is 1. The third kappa shape index (κ3) is 3.89. The maximum Gasteiger partial charge on any atom is 0.327 e. The minimum atomic E-state index is 0.444. The molecule has 28 heavy (non-hydrogen) atoms. The highest BCUT2D eigenvalue weighted by atomic mass is 16.5. The van der Waals surface area contributed by atoms with Gasteiger partial charge < -0.3 is 15.8 Å². The number of pyridine rings is 2. The lowest BCUT2D eigenvalue weighted by Gasteiger charge is -2.32. The molecule has 2 saturated heterocycles. The second-order valence-corrected chi connectivity index (χ2v) is 7.74. The first-order valence-corrected chi connectivity index (χ1v) is 9.84. The van der Waals surface area contributed by atoms with Crippen LogP contribution in [0, 0.1) is 10.6 Å². The molecular weight excluding hydrogens is 352 g/mol. The zero-order chi connectivity index (χ0) is 19.4. The Morgan fingerprint density at radius 2 is 2.04 bits per heavy atom. The number of hydrogen-bond acceptors (Lipinski definition) is 4. The molecule has 2 aromatic heterocycles. The van der Waals surface area contributed by atoms with E-state index in [1.165, 1.54) is 12.6 Å². The average Bonchev–Trinajstić information content (AvgIpc) is 3.18. The van der Waals surface area contributed by atoms with E-state index in [0.717, 1.165) is 66.4 Å². The van der Waals surface area contributed by atoms with Gasteiger partial charge in [-0.3, -0.25) is 9.56 Å². The fraction of sp³-hybridized carbons (Fsp3) is 0.429. The zero-order valence-corrected chi connectivity index (χ0v) is 16.1. The summed E-state index contributed by atoms with van der Waals surface area (Å²) >= 11 is 0. The number of rotatable bonds is 4. The van der Waals surface area contributed by atoms with Crippen LogP contribution in [0.5, 0.6) is 0 Å². The highest BCUT2D eigenvalue weighted by molar-refractivity contribution is 6.02. The first-order chi connectivity index (χ1) is 13.7. The number of nitrogens with one attached hydrogen (secondary N) is 2. The van der Waals surface area contributed by atoms with Crippen LogP contribution in [0.1, 0.15) is 30.4 Å². The minimum Gasteiger partial charge on any atom is -0.619 e. The van der Waals surface area contributed by atoms with Crippen LogP contribution in [0.3, 0.4) is 0 Å². The Morgan fingerprint density at radius 1 is 1.25 bits per heavy atom. The van der Waals surface area contributed by atoms with Crippen molar-refractivity contribution in [1.82, 2.24) is 10.3 Å². The fourth-order valence-corrected chi connectivity index (χ4v) is 4.28. The number of amidine groups is 1. The lowest BCUT2D eigenvalue weighted by Crippen LogP contribution is -2.39. The van der Waals surface area contributed by atoms with E-state index < -0.39 is 0 Å². The first-order valence-electron chi connectivity index (χ1n) is 9.84. The molecule has 146 valence electrons. The summed E-state index contributed by atoms with van der Waals surface area (Å²) < 4.78 is 3.12. The van der Waals surface area contributed by atoms with Crippen LogP contribution >= 0.6 is 0 Å². The van der Waals surface area contributed by atoms with Crippen molar-refractivity contribution < 1.29 is 9.31 Å². The van der Waals surface area contributed by atoms with Gasteiger partial charge in [0.05, 0.1) is 13.1 Å². The van der Waals surface area contributed by atoms with Crippen molar-refractivity contribution in [3.8, 4) is 0 Å². The highest BCUT2D eigenvalue weighted by Gasteiger charge is 2.38. The largest absolute Gasteiger partial charge is 0.619 e. The SMILES string of the molecule is C=NC(c1cc[n+]([O-])cc1NCc1ccncc1)=[N+]1CCC2(CCNC2)CC1. The normalized spacial score (nSPS) is 21.6. The van der Waals surface area contributed by atoms with Crippen molar-refractivity contribution in [2.24, 2.45) is 10.4 Å². The van der Waals surface area contributed by atoms with Crippen LogP contribution in [0.25, 0.3) is 0 Å². The van der Waals surface area contributed by atoms with Crippen molar-refractivity contribution in [2.45, 2.75) is 25.8 Å². The Labute approximate surface area is 165 Å². The van der Waals surface area contributed by atoms with Gasteiger partial charge in [0.25, 0.3) is 0 Å². The maximum absolute atomic E-state index is 11.9. The molecular formula is C21H27N6O+. The van der Waals surface area contributed by atoms with E-state index in [-0.39, 0.29) is 0 Å². The van der Waals surface area contributed by atoms with Gasteiger partial charge in [0.2, 0.25) is 6.20 Å². The Morgan fingerprint density at radius 3 is 2.71 bits per heavy atom. The van der Waals surface area contributed by atoms with Crippen molar-refractivity contribution in [2.75, 3.05) is 31.5 Å². The molecule has 2 fully saturated rings. The molecule has 0 amide bonds. The molecule has 2 N–H and O–H groups in total. The Balaban J connectivity index is 1.58. The number of anilines is 1. The van der Waals surface area contributed by atoms with E-state index in [4.69, 9.17) is 0 Å². The third-order valence-corrected chi connectivity index (χ3v) is 6.01. The number of aromatic nitrogens is 2. The van der Waals surface area contributed by atoms with Crippen LogP contribution < -0.4 is 15.4 Å². The topological polar surface area (TPSA) is 79.3 Å². The Kier molecular flexibility index (Phi) is 5.34. The standard InChI is InChI=1S/C21H26N6O/c1-22-20(26-12-6-21(7-13-26)5-10-24-16-21)18-4-11-27(28)15-19(18)25-14-17-2-8-23-9-3-17/h2-4,8-9,11,15,24H,1,5-7,10,12-14,16H2/p+1. The van der Waals surface area contributed by atoms with Gasteiger partial charge >= 0.3 is 5.84 Å². The second-order valence-electron chi connectivity index (χ2n) is 7.74. The molecule has 0 aliphatic carbocycles. The number of aliphatic imine (C=N–C) groups is 1. The highest BCUT2D eigenvalue weighted by Crippen LogP contribution is 2.36. The van der Waals surface area contributed by atoms with Gasteiger partial charge in [0.1, 0.15) is 18.0 Å². The van der Waals surface area contributed by atoms with Gasteiger partial charge in [-0.2, -0.15) is 4.73 Å². The van der Waals surface area contributed by atoms with E-state index in [1.54, 1.807) is 18.6 Å². The molecule has 0 atom stereocenters. The van der Waals surface area contributed by atoms with E-state index in [1.807, 2.05) is 18.2 Å². The summed E-state index contributed by atoms with van der Waals surface area (Å²) in [5.41, 5.74) is 3.22. The average molecular weight is 379 g/mol. The van der Waals surface area contributed by atoms with Crippen molar-refractivity contribution >= 4 is 18.2 Å². The quantitative estimate of drug-likeness (QED) is 0.366. The molecule has 4 rings (SSSR count).